The standard InChI is InChI=1S/C21H26N2O3S/c1-16-6-7-17(2)18(14-16)15-21(24)22-19-8-10-20(11-9-19)27(25,26)23-12-4-3-5-13-23/h6-11,14H,3-5,12-13,15H2,1-2H3,(H,22,24). The van der Waals surface area contributed by atoms with Crippen LogP contribution in [0.15, 0.2) is 47.4 Å². The van der Waals surface area contributed by atoms with E-state index in [1.165, 1.54) is 0 Å². The van der Waals surface area contributed by atoms with Crippen molar-refractivity contribution in [3.63, 3.8) is 0 Å². The van der Waals surface area contributed by atoms with E-state index in [0.717, 1.165) is 36.0 Å². The average molecular weight is 387 g/mol. The molecule has 0 radical (unpaired) electrons. The highest BCUT2D eigenvalue weighted by atomic mass is 32.2. The number of aryl methyl sites for hydroxylation is 2. The number of carbonyl (C=O) groups is 1. The number of piperidine rings is 1. The summed E-state index contributed by atoms with van der Waals surface area (Å²) in [5.74, 6) is -0.115. The molecule has 6 heteroatoms. The Morgan fingerprint density at radius 2 is 1.67 bits per heavy atom. The Hall–Kier alpha value is -2.18. The molecule has 1 aliphatic rings. The molecule has 1 fully saturated rings. The van der Waals surface area contributed by atoms with Crippen LogP contribution in [0.25, 0.3) is 0 Å². The molecule has 1 N–H and O–H groups in total. The van der Waals surface area contributed by atoms with Crippen LogP contribution in [0.2, 0.25) is 0 Å². The summed E-state index contributed by atoms with van der Waals surface area (Å²) in [7, 11) is -3.45. The first-order chi connectivity index (χ1) is 12.9. The number of sulfonamides is 1. The second kappa shape index (κ2) is 8.23. The second-order valence-corrected chi connectivity index (χ2v) is 9.08. The number of anilines is 1. The Bertz CT molecular complexity index is 915. The zero-order chi connectivity index (χ0) is 19.4. The maximum Gasteiger partial charge on any atom is 0.243 e. The second-order valence-electron chi connectivity index (χ2n) is 7.14. The molecule has 0 saturated carbocycles. The molecular weight excluding hydrogens is 360 g/mol. The van der Waals surface area contributed by atoms with Gasteiger partial charge in [0.15, 0.2) is 0 Å². The van der Waals surface area contributed by atoms with Gasteiger partial charge in [-0.3, -0.25) is 4.79 Å². The predicted molar refractivity (Wildman–Crippen MR) is 107 cm³/mol. The van der Waals surface area contributed by atoms with E-state index in [0.29, 0.717) is 25.2 Å². The van der Waals surface area contributed by atoms with Gasteiger partial charge in [0.1, 0.15) is 0 Å². The quantitative estimate of drug-likeness (QED) is 0.853. The molecule has 27 heavy (non-hydrogen) atoms. The molecule has 144 valence electrons. The van der Waals surface area contributed by atoms with Crippen molar-refractivity contribution < 1.29 is 13.2 Å². The summed E-state index contributed by atoms with van der Waals surface area (Å²) in [4.78, 5) is 12.6. The number of nitrogens with zero attached hydrogens (tertiary/aromatic N) is 1. The first kappa shape index (κ1) is 19.6. The number of hydrogen-bond donors (Lipinski definition) is 1. The molecular formula is C21H26N2O3S. The lowest BCUT2D eigenvalue weighted by Gasteiger charge is -2.25. The van der Waals surface area contributed by atoms with Gasteiger partial charge in [0.05, 0.1) is 11.3 Å². The molecule has 1 heterocycles. The third kappa shape index (κ3) is 4.76. The maximum atomic E-state index is 12.7. The van der Waals surface area contributed by atoms with E-state index in [1.54, 1.807) is 28.6 Å². The summed E-state index contributed by atoms with van der Waals surface area (Å²) in [6.07, 6.45) is 3.19. The fourth-order valence-electron chi connectivity index (χ4n) is 3.33. The number of amides is 1. The van der Waals surface area contributed by atoms with Crippen molar-refractivity contribution in [2.45, 2.75) is 44.4 Å². The number of hydrogen-bond acceptors (Lipinski definition) is 3. The largest absolute Gasteiger partial charge is 0.326 e. The minimum atomic E-state index is -3.45. The highest BCUT2D eigenvalue weighted by Gasteiger charge is 2.25. The summed E-state index contributed by atoms with van der Waals surface area (Å²) in [6.45, 7) is 5.15. The van der Waals surface area contributed by atoms with Crippen molar-refractivity contribution in [3.8, 4) is 0 Å². The molecule has 0 bridgehead atoms. The van der Waals surface area contributed by atoms with Gasteiger partial charge in [0.2, 0.25) is 15.9 Å². The summed E-state index contributed by atoms with van der Waals surface area (Å²) in [5.41, 5.74) is 3.80. The van der Waals surface area contributed by atoms with Gasteiger partial charge < -0.3 is 5.32 Å². The van der Waals surface area contributed by atoms with Crippen LogP contribution in [0.4, 0.5) is 5.69 Å². The van der Waals surface area contributed by atoms with Crippen LogP contribution < -0.4 is 5.32 Å². The molecule has 0 atom stereocenters. The summed E-state index contributed by atoms with van der Waals surface area (Å²) >= 11 is 0. The number of nitrogens with one attached hydrogen (secondary N) is 1. The monoisotopic (exact) mass is 386 g/mol. The Balaban J connectivity index is 1.66. The Labute approximate surface area is 161 Å². The lowest BCUT2D eigenvalue weighted by Crippen LogP contribution is -2.35. The molecule has 3 rings (SSSR count). The lowest BCUT2D eigenvalue weighted by atomic mass is 10.0. The molecule has 2 aromatic carbocycles. The van der Waals surface area contributed by atoms with E-state index in [1.807, 2.05) is 32.0 Å². The van der Waals surface area contributed by atoms with Gasteiger partial charge in [-0.2, -0.15) is 4.31 Å². The molecule has 1 saturated heterocycles. The van der Waals surface area contributed by atoms with Gasteiger partial charge in [0, 0.05) is 18.8 Å². The van der Waals surface area contributed by atoms with Crippen LogP contribution in [0, 0.1) is 13.8 Å². The van der Waals surface area contributed by atoms with Crippen molar-refractivity contribution in [2.75, 3.05) is 18.4 Å². The summed E-state index contributed by atoms with van der Waals surface area (Å²) in [5, 5.41) is 2.85. The van der Waals surface area contributed by atoms with Gasteiger partial charge in [-0.1, -0.05) is 30.2 Å². The SMILES string of the molecule is Cc1ccc(C)c(CC(=O)Nc2ccc(S(=O)(=O)N3CCCCC3)cc2)c1. The van der Waals surface area contributed by atoms with E-state index in [2.05, 4.69) is 5.32 Å². The Morgan fingerprint density at radius 1 is 1.00 bits per heavy atom. The summed E-state index contributed by atoms with van der Waals surface area (Å²) in [6, 6.07) is 12.5. The number of rotatable bonds is 5. The van der Waals surface area contributed by atoms with Crippen molar-refractivity contribution in [2.24, 2.45) is 0 Å². The van der Waals surface area contributed by atoms with Crippen molar-refractivity contribution in [3.05, 3.63) is 59.2 Å². The van der Waals surface area contributed by atoms with Crippen LogP contribution >= 0.6 is 0 Å². The smallest absolute Gasteiger partial charge is 0.243 e. The van der Waals surface area contributed by atoms with Crippen LogP contribution in [0.5, 0.6) is 0 Å². The van der Waals surface area contributed by atoms with Gasteiger partial charge >= 0.3 is 0 Å². The highest BCUT2D eigenvalue weighted by molar-refractivity contribution is 7.89. The van der Waals surface area contributed by atoms with Crippen LogP contribution in [0.1, 0.15) is 36.0 Å². The third-order valence-corrected chi connectivity index (χ3v) is 6.86. The fourth-order valence-corrected chi connectivity index (χ4v) is 4.85. The molecule has 5 nitrogen and oxygen atoms in total. The minimum Gasteiger partial charge on any atom is -0.326 e. The van der Waals surface area contributed by atoms with Crippen LogP contribution in [0.3, 0.4) is 0 Å². The van der Waals surface area contributed by atoms with Gasteiger partial charge in [-0.05, 0) is 62.1 Å². The molecule has 0 unspecified atom stereocenters. The first-order valence-corrected chi connectivity index (χ1v) is 10.8. The first-order valence-electron chi connectivity index (χ1n) is 9.32. The minimum absolute atomic E-state index is 0.115. The number of benzene rings is 2. The lowest BCUT2D eigenvalue weighted by molar-refractivity contribution is -0.115. The van der Waals surface area contributed by atoms with Crippen LogP contribution in [-0.2, 0) is 21.2 Å². The fraction of sp³-hybridized carbons (Fsp3) is 0.381. The van der Waals surface area contributed by atoms with Gasteiger partial charge in [-0.15, -0.1) is 0 Å². The third-order valence-electron chi connectivity index (χ3n) is 4.95. The molecule has 0 aliphatic carbocycles. The normalized spacial score (nSPS) is 15.5. The molecule has 0 aromatic heterocycles. The molecule has 1 amide bonds. The van der Waals surface area contributed by atoms with E-state index in [-0.39, 0.29) is 10.8 Å². The summed E-state index contributed by atoms with van der Waals surface area (Å²) < 4.78 is 26.9. The molecule has 0 spiro atoms. The van der Waals surface area contributed by atoms with Gasteiger partial charge in [0.25, 0.3) is 0 Å². The van der Waals surface area contributed by atoms with E-state index >= 15 is 0 Å². The Kier molecular flexibility index (Phi) is 5.97. The zero-order valence-electron chi connectivity index (χ0n) is 15.9. The van der Waals surface area contributed by atoms with E-state index in [9.17, 15) is 13.2 Å². The van der Waals surface area contributed by atoms with Crippen molar-refractivity contribution in [1.29, 1.82) is 0 Å². The average Bonchev–Trinajstić information content (AvgIpc) is 2.66. The Morgan fingerprint density at radius 3 is 2.33 bits per heavy atom. The highest BCUT2D eigenvalue weighted by Crippen LogP contribution is 2.22. The van der Waals surface area contributed by atoms with Gasteiger partial charge in [-0.25, -0.2) is 8.42 Å². The van der Waals surface area contributed by atoms with Crippen molar-refractivity contribution >= 4 is 21.6 Å². The van der Waals surface area contributed by atoms with Crippen molar-refractivity contribution in [1.82, 2.24) is 4.31 Å². The zero-order valence-corrected chi connectivity index (χ0v) is 16.7. The topological polar surface area (TPSA) is 66.5 Å². The molecule has 1 aliphatic heterocycles. The maximum absolute atomic E-state index is 12.7. The van der Waals surface area contributed by atoms with E-state index < -0.39 is 10.0 Å². The predicted octanol–water partition coefficient (Wildman–Crippen LogP) is 3.66. The number of carbonyl (C=O) groups excluding carboxylic acids is 1. The molecule has 2 aromatic rings. The van der Waals surface area contributed by atoms with E-state index in [4.69, 9.17) is 0 Å². The van der Waals surface area contributed by atoms with Crippen LogP contribution in [-0.4, -0.2) is 31.7 Å².